The predicted octanol–water partition coefficient (Wildman–Crippen LogP) is -0.444. The molecule has 0 aliphatic carbocycles. The Morgan fingerprint density at radius 1 is 1.44 bits per heavy atom. The first-order valence-corrected chi connectivity index (χ1v) is 6.65. The Kier molecular flexibility index (Phi) is 3.66. The molecule has 3 atom stereocenters. The summed E-state index contributed by atoms with van der Waals surface area (Å²) in [6.07, 6.45) is 0.240. The van der Waals surface area contributed by atoms with Crippen LogP contribution in [0.5, 0.6) is 0 Å². The van der Waals surface area contributed by atoms with E-state index in [0.717, 1.165) is 6.26 Å². The van der Waals surface area contributed by atoms with Gasteiger partial charge in [-0.15, -0.1) is 0 Å². The summed E-state index contributed by atoms with van der Waals surface area (Å²) >= 11 is 0. The van der Waals surface area contributed by atoms with E-state index in [0.29, 0.717) is 0 Å². The molecule has 0 aliphatic heterocycles. The van der Waals surface area contributed by atoms with Crippen LogP contribution in [0.4, 0.5) is 0 Å². The number of nitrogens with two attached hydrogens (primary N) is 1. The molecule has 0 spiro atoms. The monoisotopic (exact) mass is 249 g/mol. The van der Waals surface area contributed by atoms with E-state index in [1.165, 1.54) is 13.8 Å². The van der Waals surface area contributed by atoms with Gasteiger partial charge >= 0.3 is 0 Å². The van der Waals surface area contributed by atoms with Crippen molar-refractivity contribution in [1.82, 2.24) is 10.1 Å². The summed E-state index contributed by atoms with van der Waals surface area (Å²) in [5.74, 6) is 0.0779. The van der Waals surface area contributed by atoms with Gasteiger partial charge in [-0.2, -0.15) is 4.98 Å². The quantitative estimate of drug-likeness (QED) is 0.741. The van der Waals surface area contributed by atoms with Crippen molar-refractivity contribution in [2.24, 2.45) is 5.73 Å². The van der Waals surface area contributed by atoms with Gasteiger partial charge in [-0.3, -0.25) is 0 Å². The third-order valence-electron chi connectivity index (χ3n) is 2.27. The average Bonchev–Trinajstić information content (AvgIpc) is 2.62. The van der Waals surface area contributed by atoms with E-state index in [9.17, 15) is 13.5 Å². The molecule has 8 heteroatoms. The van der Waals surface area contributed by atoms with Crippen molar-refractivity contribution < 1.29 is 18.0 Å². The molecule has 92 valence electrons. The summed E-state index contributed by atoms with van der Waals surface area (Å²) in [6, 6.07) is -0.812. The van der Waals surface area contributed by atoms with Crippen LogP contribution in [-0.4, -0.2) is 36.0 Å². The summed E-state index contributed by atoms with van der Waals surface area (Å²) in [6.45, 7) is 2.94. The smallest absolute Gasteiger partial charge is 0.246 e. The summed E-state index contributed by atoms with van der Waals surface area (Å²) in [5, 5.41) is 11.9. The van der Waals surface area contributed by atoms with Crippen LogP contribution in [0, 0.1) is 0 Å². The number of sulfone groups is 1. The molecule has 1 heterocycles. The molecule has 0 saturated carbocycles. The summed E-state index contributed by atoms with van der Waals surface area (Å²) in [5.41, 5.74) is 5.56. The molecule has 0 bridgehead atoms. The molecule has 16 heavy (non-hydrogen) atoms. The first-order chi connectivity index (χ1) is 7.23. The maximum Gasteiger partial charge on any atom is 0.246 e. The summed E-state index contributed by atoms with van der Waals surface area (Å²) in [4.78, 5) is 3.86. The van der Waals surface area contributed by atoms with Gasteiger partial charge in [0.25, 0.3) is 0 Å². The molecular weight excluding hydrogens is 234 g/mol. The lowest BCUT2D eigenvalue weighted by Crippen LogP contribution is -2.23. The van der Waals surface area contributed by atoms with Crippen LogP contribution >= 0.6 is 0 Å². The Labute approximate surface area is 93.6 Å². The van der Waals surface area contributed by atoms with Crippen LogP contribution in [0.15, 0.2) is 4.52 Å². The second-order valence-electron chi connectivity index (χ2n) is 3.73. The number of hydrogen-bond donors (Lipinski definition) is 2. The fourth-order valence-corrected chi connectivity index (χ4v) is 1.42. The molecule has 0 aromatic carbocycles. The largest absolute Gasteiger partial charge is 0.391 e. The molecule has 0 amide bonds. The molecule has 0 radical (unpaired) electrons. The van der Waals surface area contributed by atoms with Gasteiger partial charge in [-0.1, -0.05) is 5.16 Å². The van der Waals surface area contributed by atoms with Gasteiger partial charge in [0.15, 0.2) is 15.7 Å². The number of aliphatic hydroxyl groups is 1. The van der Waals surface area contributed by atoms with Gasteiger partial charge in [0, 0.05) is 6.26 Å². The van der Waals surface area contributed by atoms with E-state index >= 15 is 0 Å². The van der Waals surface area contributed by atoms with Crippen molar-refractivity contribution in [3.8, 4) is 0 Å². The highest BCUT2D eigenvalue weighted by molar-refractivity contribution is 7.90. The highest BCUT2D eigenvalue weighted by Gasteiger charge is 2.26. The van der Waals surface area contributed by atoms with Crippen molar-refractivity contribution >= 4 is 9.84 Å². The second-order valence-corrected chi connectivity index (χ2v) is 6.10. The first kappa shape index (κ1) is 13.1. The van der Waals surface area contributed by atoms with E-state index in [1.54, 1.807) is 0 Å². The molecule has 3 unspecified atom stereocenters. The van der Waals surface area contributed by atoms with Crippen molar-refractivity contribution in [2.75, 3.05) is 6.26 Å². The fraction of sp³-hybridized carbons (Fsp3) is 0.750. The average molecular weight is 249 g/mol. The summed E-state index contributed by atoms with van der Waals surface area (Å²) < 4.78 is 27.3. The Hall–Kier alpha value is -0.990. The Balaban J connectivity index is 2.96. The predicted molar refractivity (Wildman–Crippen MR) is 56.2 cm³/mol. The van der Waals surface area contributed by atoms with Crippen molar-refractivity contribution in [3.63, 3.8) is 0 Å². The lowest BCUT2D eigenvalue weighted by molar-refractivity contribution is 0.146. The minimum Gasteiger partial charge on any atom is -0.391 e. The SMILES string of the molecule is CC(O)C(N)c1nc(C(C)S(C)(=O)=O)no1. The lowest BCUT2D eigenvalue weighted by Gasteiger charge is -2.08. The molecule has 7 nitrogen and oxygen atoms in total. The van der Waals surface area contributed by atoms with E-state index in [2.05, 4.69) is 10.1 Å². The van der Waals surface area contributed by atoms with E-state index in [-0.39, 0.29) is 11.7 Å². The van der Waals surface area contributed by atoms with Gasteiger partial charge in [0.1, 0.15) is 11.3 Å². The highest BCUT2D eigenvalue weighted by atomic mass is 32.2. The molecule has 3 N–H and O–H groups in total. The third kappa shape index (κ3) is 2.77. The zero-order chi connectivity index (χ0) is 12.5. The minimum absolute atomic E-state index is 0.0282. The Morgan fingerprint density at radius 2 is 2.00 bits per heavy atom. The van der Waals surface area contributed by atoms with E-state index < -0.39 is 27.2 Å². The van der Waals surface area contributed by atoms with Crippen molar-refractivity contribution in [1.29, 1.82) is 0 Å². The Bertz CT molecular complexity index is 454. The molecular formula is C8H15N3O4S. The number of nitrogens with zero attached hydrogens (tertiary/aromatic N) is 2. The lowest BCUT2D eigenvalue weighted by atomic mass is 10.2. The van der Waals surface area contributed by atoms with Crippen molar-refractivity contribution in [3.05, 3.63) is 11.7 Å². The molecule has 1 aromatic rings. The number of rotatable bonds is 4. The van der Waals surface area contributed by atoms with Crippen LogP contribution in [0.1, 0.15) is 36.9 Å². The zero-order valence-electron chi connectivity index (χ0n) is 9.28. The van der Waals surface area contributed by atoms with E-state index in [4.69, 9.17) is 10.3 Å². The van der Waals surface area contributed by atoms with Gasteiger partial charge in [-0.25, -0.2) is 8.42 Å². The molecule has 1 aromatic heterocycles. The van der Waals surface area contributed by atoms with Crippen LogP contribution in [-0.2, 0) is 9.84 Å². The highest BCUT2D eigenvalue weighted by Crippen LogP contribution is 2.20. The number of hydrogen-bond acceptors (Lipinski definition) is 7. The zero-order valence-corrected chi connectivity index (χ0v) is 10.1. The normalized spacial score (nSPS) is 18.1. The maximum atomic E-state index is 11.2. The topological polar surface area (TPSA) is 119 Å². The second kappa shape index (κ2) is 4.48. The number of aromatic nitrogens is 2. The third-order valence-corrected chi connectivity index (χ3v) is 3.76. The molecule has 0 saturated heterocycles. The van der Waals surface area contributed by atoms with E-state index in [1.807, 2.05) is 0 Å². The van der Waals surface area contributed by atoms with Gasteiger partial charge < -0.3 is 15.4 Å². The van der Waals surface area contributed by atoms with Gasteiger partial charge in [0.2, 0.25) is 5.89 Å². The van der Waals surface area contributed by atoms with Gasteiger partial charge in [0.05, 0.1) is 6.10 Å². The van der Waals surface area contributed by atoms with Crippen LogP contribution in [0.3, 0.4) is 0 Å². The minimum atomic E-state index is -3.28. The number of aliphatic hydroxyl groups excluding tert-OH is 1. The van der Waals surface area contributed by atoms with Gasteiger partial charge in [-0.05, 0) is 13.8 Å². The Morgan fingerprint density at radius 3 is 2.44 bits per heavy atom. The first-order valence-electron chi connectivity index (χ1n) is 4.69. The molecule has 1 rings (SSSR count). The fourth-order valence-electron chi connectivity index (χ4n) is 0.946. The van der Waals surface area contributed by atoms with Crippen LogP contribution in [0.2, 0.25) is 0 Å². The van der Waals surface area contributed by atoms with Crippen LogP contribution < -0.4 is 5.73 Å². The molecule has 0 fully saturated rings. The van der Waals surface area contributed by atoms with Crippen molar-refractivity contribution in [2.45, 2.75) is 31.2 Å². The standard InChI is InChI=1S/C8H15N3O4S/c1-4(12)6(9)8-10-7(11-15-8)5(2)16(3,13)14/h4-6,12H,9H2,1-3H3. The van der Waals surface area contributed by atoms with Crippen LogP contribution in [0.25, 0.3) is 0 Å². The summed E-state index contributed by atoms with van der Waals surface area (Å²) in [7, 11) is -3.28. The molecule has 0 aliphatic rings. The maximum absolute atomic E-state index is 11.2.